The van der Waals surface area contributed by atoms with Crippen LogP contribution in [0.15, 0.2) is 18.2 Å². The first-order valence-corrected chi connectivity index (χ1v) is 5.93. The molecule has 1 saturated carbocycles. The van der Waals surface area contributed by atoms with E-state index in [0.29, 0.717) is 12.6 Å². The molecule has 3 nitrogen and oxygen atoms in total. The first-order chi connectivity index (χ1) is 7.76. The SMILES string of the molecule is Cc1cc(CN)ccc1N(CCO)C1CC1. The minimum absolute atomic E-state index is 0.217. The summed E-state index contributed by atoms with van der Waals surface area (Å²) in [6.45, 7) is 3.65. The number of aliphatic hydroxyl groups is 1. The Kier molecular flexibility index (Phi) is 3.46. The first kappa shape index (κ1) is 11.4. The minimum Gasteiger partial charge on any atom is -0.395 e. The number of benzene rings is 1. The molecule has 3 N–H and O–H groups in total. The molecule has 0 saturated heterocycles. The van der Waals surface area contributed by atoms with Gasteiger partial charge in [0.05, 0.1) is 6.61 Å². The summed E-state index contributed by atoms with van der Waals surface area (Å²) in [6, 6.07) is 6.98. The van der Waals surface area contributed by atoms with Gasteiger partial charge in [-0.3, -0.25) is 0 Å². The number of aryl methyl sites for hydroxylation is 1. The Labute approximate surface area is 96.9 Å². The molecule has 0 aromatic heterocycles. The van der Waals surface area contributed by atoms with Crippen LogP contribution in [0.2, 0.25) is 0 Å². The molecule has 0 atom stereocenters. The van der Waals surface area contributed by atoms with Crippen molar-refractivity contribution in [3.8, 4) is 0 Å². The molecule has 0 spiro atoms. The molecule has 16 heavy (non-hydrogen) atoms. The molecular formula is C13H20N2O. The Bertz CT molecular complexity index is 361. The van der Waals surface area contributed by atoms with Crippen molar-refractivity contribution in [2.75, 3.05) is 18.1 Å². The van der Waals surface area contributed by atoms with E-state index in [2.05, 4.69) is 30.0 Å². The van der Waals surface area contributed by atoms with Crippen molar-refractivity contribution in [3.63, 3.8) is 0 Å². The zero-order valence-corrected chi connectivity index (χ0v) is 9.82. The van der Waals surface area contributed by atoms with Crippen molar-refractivity contribution in [1.29, 1.82) is 0 Å². The molecule has 1 aromatic carbocycles. The second-order valence-corrected chi connectivity index (χ2v) is 4.47. The molecular weight excluding hydrogens is 200 g/mol. The first-order valence-electron chi connectivity index (χ1n) is 5.93. The normalized spacial score (nSPS) is 15.2. The summed E-state index contributed by atoms with van der Waals surface area (Å²) in [5.41, 5.74) is 9.29. The quantitative estimate of drug-likeness (QED) is 0.789. The monoisotopic (exact) mass is 220 g/mol. The summed E-state index contributed by atoms with van der Waals surface area (Å²) in [6.07, 6.45) is 2.50. The zero-order chi connectivity index (χ0) is 11.5. The van der Waals surface area contributed by atoms with Crippen LogP contribution >= 0.6 is 0 Å². The van der Waals surface area contributed by atoms with Gasteiger partial charge in [-0.1, -0.05) is 12.1 Å². The Balaban J connectivity index is 2.22. The molecule has 1 aromatic rings. The van der Waals surface area contributed by atoms with E-state index < -0.39 is 0 Å². The van der Waals surface area contributed by atoms with E-state index in [4.69, 9.17) is 10.8 Å². The summed E-state index contributed by atoms with van der Waals surface area (Å²) in [4.78, 5) is 2.32. The van der Waals surface area contributed by atoms with Crippen molar-refractivity contribution >= 4 is 5.69 Å². The molecule has 0 unspecified atom stereocenters. The fraction of sp³-hybridized carbons (Fsp3) is 0.538. The number of aliphatic hydroxyl groups excluding tert-OH is 1. The molecule has 0 bridgehead atoms. The van der Waals surface area contributed by atoms with Gasteiger partial charge in [-0.2, -0.15) is 0 Å². The number of nitrogens with zero attached hydrogens (tertiary/aromatic N) is 1. The van der Waals surface area contributed by atoms with Crippen LogP contribution in [-0.2, 0) is 6.54 Å². The lowest BCUT2D eigenvalue weighted by Crippen LogP contribution is -2.29. The summed E-state index contributed by atoms with van der Waals surface area (Å²) >= 11 is 0. The van der Waals surface area contributed by atoms with Gasteiger partial charge in [-0.15, -0.1) is 0 Å². The average Bonchev–Trinajstić information content (AvgIpc) is 3.10. The fourth-order valence-corrected chi connectivity index (χ4v) is 2.16. The molecule has 3 heteroatoms. The van der Waals surface area contributed by atoms with Crippen LogP contribution in [0, 0.1) is 6.92 Å². The van der Waals surface area contributed by atoms with Crippen molar-refractivity contribution in [2.45, 2.75) is 32.4 Å². The predicted molar refractivity (Wildman–Crippen MR) is 66.5 cm³/mol. The van der Waals surface area contributed by atoms with Crippen molar-refractivity contribution < 1.29 is 5.11 Å². The Morgan fingerprint density at radius 1 is 1.44 bits per heavy atom. The third kappa shape index (κ3) is 2.36. The van der Waals surface area contributed by atoms with Crippen LogP contribution in [0.5, 0.6) is 0 Å². The van der Waals surface area contributed by atoms with Crippen LogP contribution in [-0.4, -0.2) is 24.3 Å². The Morgan fingerprint density at radius 2 is 2.19 bits per heavy atom. The smallest absolute Gasteiger partial charge is 0.0606 e. The van der Waals surface area contributed by atoms with Crippen molar-refractivity contribution in [3.05, 3.63) is 29.3 Å². The second-order valence-electron chi connectivity index (χ2n) is 4.47. The van der Waals surface area contributed by atoms with Crippen LogP contribution in [0.1, 0.15) is 24.0 Å². The Morgan fingerprint density at radius 3 is 2.69 bits per heavy atom. The second kappa shape index (κ2) is 4.85. The molecule has 1 aliphatic carbocycles. The van der Waals surface area contributed by atoms with Gasteiger partial charge in [0.2, 0.25) is 0 Å². The predicted octanol–water partition coefficient (Wildman–Crippen LogP) is 1.41. The van der Waals surface area contributed by atoms with Crippen LogP contribution < -0.4 is 10.6 Å². The Hall–Kier alpha value is -1.06. The standard InChI is InChI=1S/C13H20N2O/c1-10-8-11(9-14)2-5-13(10)15(6-7-16)12-3-4-12/h2,5,8,12,16H,3-4,6-7,9,14H2,1H3. The highest BCUT2D eigenvalue weighted by Crippen LogP contribution is 2.33. The van der Waals surface area contributed by atoms with E-state index in [-0.39, 0.29) is 6.61 Å². The van der Waals surface area contributed by atoms with Crippen molar-refractivity contribution in [2.24, 2.45) is 5.73 Å². The zero-order valence-electron chi connectivity index (χ0n) is 9.82. The molecule has 0 radical (unpaired) electrons. The van der Waals surface area contributed by atoms with E-state index in [0.717, 1.165) is 6.54 Å². The molecule has 2 rings (SSSR count). The highest BCUT2D eigenvalue weighted by molar-refractivity contribution is 5.56. The molecule has 0 aliphatic heterocycles. The lowest BCUT2D eigenvalue weighted by Gasteiger charge is -2.25. The minimum atomic E-state index is 0.217. The molecule has 0 amide bonds. The fourth-order valence-electron chi connectivity index (χ4n) is 2.16. The maximum Gasteiger partial charge on any atom is 0.0606 e. The van der Waals surface area contributed by atoms with Crippen LogP contribution in [0.3, 0.4) is 0 Å². The van der Waals surface area contributed by atoms with Gasteiger partial charge in [0, 0.05) is 24.8 Å². The topological polar surface area (TPSA) is 49.5 Å². The van der Waals surface area contributed by atoms with Crippen LogP contribution in [0.4, 0.5) is 5.69 Å². The van der Waals surface area contributed by atoms with Gasteiger partial charge in [0.25, 0.3) is 0 Å². The maximum atomic E-state index is 9.10. The van der Waals surface area contributed by atoms with E-state index in [1.165, 1.54) is 29.7 Å². The van der Waals surface area contributed by atoms with Gasteiger partial charge in [0.15, 0.2) is 0 Å². The highest BCUT2D eigenvalue weighted by atomic mass is 16.3. The van der Waals surface area contributed by atoms with Gasteiger partial charge in [-0.25, -0.2) is 0 Å². The summed E-state index contributed by atoms with van der Waals surface area (Å²) in [5.74, 6) is 0. The van der Waals surface area contributed by atoms with Crippen LogP contribution in [0.25, 0.3) is 0 Å². The van der Waals surface area contributed by atoms with E-state index in [1.807, 2.05) is 0 Å². The van der Waals surface area contributed by atoms with E-state index in [9.17, 15) is 0 Å². The lowest BCUT2D eigenvalue weighted by atomic mass is 10.1. The van der Waals surface area contributed by atoms with E-state index >= 15 is 0 Å². The summed E-state index contributed by atoms with van der Waals surface area (Å²) in [7, 11) is 0. The maximum absolute atomic E-state index is 9.10. The molecule has 0 heterocycles. The summed E-state index contributed by atoms with van der Waals surface area (Å²) in [5, 5.41) is 9.10. The average molecular weight is 220 g/mol. The van der Waals surface area contributed by atoms with Gasteiger partial charge >= 0.3 is 0 Å². The molecule has 88 valence electrons. The highest BCUT2D eigenvalue weighted by Gasteiger charge is 2.29. The van der Waals surface area contributed by atoms with E-state index in [1.54, 1.807) is 0 Å². The molecule has 1 fully saturated rings. The van der Waals surface area contributed by atoms with Gasteiger partial charge in [-0.05, 0) is 37.0 Å². The third-order valence-electron chi connectivity index (χ3n) is 3.13. The van der Waals surface area contributed by atoms with Crippen molar-refractivity contribution in [1.82, 2.24) is 0 Å². The number of hydrogen-bond donors (Lipinski definition) is 2. The number of anilines is 1. The molecule has 1 aliphatic rings. The summed E-state index contributed by atoms with van der Waals surface area (Å²) < 4.78 is 0. The van der Waals surface area contributed by atoms with Gasteiger partial charge in [0.1, 0.15) is 0 Å². The van der Waals surface area contributed by atoms with Gasteiger partial charge < -0.3 is 15.7 Å². The number of hydrogen-bond acceptors (Lipinski definition) is 3. The number of rotatable bonds is 5. The largest absolute Gasteiger partial charge is 0.395 e. The third-order valence-corrected chi connectivity index (χ3v) is 3.13. The number of nitrogens with two attached hydrogens (primary N) is 1. The lowest BCUT2D eigenvalue weighted by molar-refractivity contribution is 0.301.